The van der Waals surface area contributed by atoms with Crippen molar-refractivity contribution in [3.8, 4) is 0 Å². The van der Waals surface area contributed by atoms with Crippen molar-refractivity contribution in [2.75, 3.05) is 5.32 Å². The fraction of sp³-hybridized carbons (Fsp3) is 0.550. The Kier molecular flexibility index (Phi) is 6.26. The molecular formula is C20H30N2O. The number of carbonyl (C=O) groups excluding carboxylic acids is 1. The van der Waals surface area contributed by atoms with Crippen LogP contribution in [0.15, 0.2) is 24.3 Å². The highest BCUT2D eigenvalue weighted by atomic mass is 16.2. The Labute approximate surface area is 140 Å². The second-order valence-electron chi connectivity index (χ2n) is 6.79. The van der Waals surface area contributed by atoms with E-state index >= 15 is 0 Å². The Balaban J connectivity index is 2.05. The van der Waals surface area contributed by atoms with Gasteiger partial charge in [-0.25, -0.2) is 4.79 Å². The van der Waals surface area contributed by atoms with Crippen molar-refractivity contribution in [2.45, 2.75) is 65.8 Å². The lowest BCUT2D eigenvalue weighted by molar-refractivity contribution is 0.232. The van der Waals surface area contributed by atoms with E-state index in [2.05, 4.69) is 55.7 Å². The first-order valence-electron chi connectivity index (χ1n) is 8.86. The maximum absolute atomic E-state index is 12.3. The molecule has 1 aromatic carbocycles. The van der Waals surface area contributed by atoms with Crippen LogP contribution in [0, 0.1) is 12.8 Å². The van der Waals surface area contributed by atoms with Crippen molar-refractivity contribution < 1.29 is 4.79 Å². The number of urea groups is 1. The van der Waals surface area contributed by atoms with Gasteiger partial charge < -0.3 is 10.6 Å². The van der Waals surface area contributed by atoms with Gasteiger partial charge in [0.1, 0.15) is 0 Å². The topological polar surface area (TPSA) is 41.1 Å². The minimum atomic E-state index is -0.0823. The number of amides is 2. The third kappa shape index (κ3) is 4.85. The molecule has 0 aromatic heterocycles. The van der Waals surface area contributed by atoms with Gasteiger partial charge in [-0.3, -0.25) is 0 Å². The van der Waals surface area contributed by atoms with Crippen LogP contribution in [0.2, 0.25) is 0 Å². The summed E-state index contributed by atoms with van der Waals surface area (Å²) in [6.45, 7) is 8.51. The Morgan fingerprint density at radius 2 is 2.04 bits per heavy atom. The number of hydrogen-bond acceptors (Lipinski definition) is 1. The molecule has 2 N–H and O–H groups in total. The number of rotatable bonds is 4. The summed E-state index contributed by atoms with van der Waals surface area (Å²) in [6, 6.07) is 6.47. The van der Waals surface area contributed by atoms with Gasteiger partial charge in [0.15, 0.2) is 0 Å². The van der Waals surface area contributed by atoms with Crippen LogP contribution in [0.4, 0.5) is 10.5 Å². The van der Waals surface area contributed by atoms with E-state index in [0.29, 0.717) is 12.0 Å². The first-order valence-corrected chi connectivity index (χ1v) is 8.86. The molecule has 0 radical (unpaired) electrons. The van der Waals surface area contributed by atoms with Crippen LogP contribution >= 0.6 is 0 Å². The predicted molar refractivity (Wildman–Crippen MR) is 98.7 cm³/mol. The van der Waals surface area contributed by atoms with Crippen LogP contribution in [0.5, 0.6) is 0 Å². The zero-order valence-electron chi connectivity index (χ0n) is 14.9. The van der Waals surface area contributed by atoms with Gasteiger partial charge in [-0.1, -0.05) is 44.9 Å². The van der Waals surface area contributed by atoms with Crippen molar-refractivity contribution in [1.82, 2.24) is 5.32 Å². The van der Waals surface area contributed by atoms with Gasteiger partial charge in [0, 0.05) is 11.7 Å². The van der Waals surface area contributed by atoms with Crippen molar-refractivity contribution in [1.29, 1.82) is 0 Å². The molecule has 1 fully saturated rings. The van der Waals surface area contributed by atoms with Gasteiger partial charge in [-0.2, -0.15) is 0 Å². The molecule has 2 atom stereocenters. The van der Waals surface area contributed by atoms with E-state index in [0.717, 1.165) is 24.1 Å². The summed E-state index contributed by atoms with van der Waals surface area (Å²) in [5, 5.41) is 6.19. The largest absolute Gasteiger partial charge is 0.335 e. The van der Waals surface area contributed by atoms with E-state index in [-0.39, 0.29) is 6.03 Å². The number of aryl methyl sites for hydroxylation is 1. The van der Waals surface area contributed by atoms with Crippen molar-refractivity contribution in [3.05, 3.63) is 35.4 Å². The van der Waals surface area contributed by atoms with Gasteiger partial charge >= 0.3 is 6.03 Å². The molecule has 2 rings (SSSR count). The Bertz CT molecular complexity index is 577. The molecule has 1 unspecified atom stereocenters. The van der Waals surface area contributed by atoms with Crippen LogP contribution < -0.4 is 10.6 Å². The highest BCUT2D eigenvalue weighted by Crippen LogP contribution is 2.25. The molecule has 1 aliphatic rings. The lowest BCUT2D eigenvalue weighted by Gasteiger charge is -2.29. The minimum absolute atomic E-state index is 0.0823. The number of hydrogen-bond donors (Lipinski definition) is 2. The third-order valence-corrected chi connectivity index (χ3v) is 4.88. The lowest BCUT2D eigenvalue weighted by atomic mass is 9.86. The Hall–Kier alpha value is -1.77. The quantitative estimate of drug-likeness (QED) is 0.756. The highest BCUT2D eigenvalue weighted by Gasteiger charge is 2.22. The summed E-state index contributed by atoms with van der Waals surface area (Å²) in [7, 11) is 0. The average Bonchev–Trinajstić information content (AvgIpc) is 2.52. The monoisotopic (exact) mass is 314 g/mol. The lowest BCUT2D eigenvalue weighted by Crippen LogP contribution is -2.43. The van der Waals surface area contributed by atoms with Crippen LogP contribution in [-0.4, -0.2) is 12.1 Å². The number of anilines is 1. The minimum Gasteiger partial charge on any atom is -0.335 e. The smallest absolute Gasteiger partial charge is 0.319 e. The maximum atomic E-state index is 12.3. The fourth-order valence-electron chi connectivity index (χ4n) is 3.28. The predicted octanol–water partition coefficient (Wildman–Crippen LogP) is 5.51. The summed E-state index contributed by atoms with van der Waals surface area (Å²) in [4.78, 5) is 12.3. The molecule has 0 spiro atoms. The summed E-state index contributed by atoms with van der Waals surface area (Å²) < 4.78 is 0. The van der Waals surface area contributed by atoms with E-state index in [4.69, 9.17) is 0 Å². The number of allylic oxidation sites excluding steroid dienone is 2. The van der Waals surface area contributed by atoms with E-state index in [1.54, 1.807) is 0 Å². The van der Waals surface area contributed by atoms with Crippen LogP contribution in [0.25, 0.3) is 5.57 Å². The molecule has 1 saturated carbocycles. The first kappa shape index (κ1) is 17.6. The van der Waals surface area contributed by atoms with E-state index in [1.165, 1.54) is 30.4 Å². The zero-order chi connectivity index (χ0) is 16.8. The molecule has 126 valence electrons. The molecule has 3 heteroatoms. The molecule has 1 aromatic rings. The van der Waals surface area contributed by atoms with Gasteiger partial charge in [0.2, 0.25) is 0 Å². The highest BCUT2D eigenvalue weighted by molar-refractivity contribution is 5.91. The van der Waals surface area contributed by atoms with Crippen molar-refractivity contribution in [3.63, 3.8) is 0 Å². The van der Waals surface area contributed by atoms with Gasteiger partial charge in [0.05, 0.1) is 0 Å². The first-order chi connectivity index (χ1) is 11.0. The second kappa shape index (κ2) is 8.19. The summed E-state index contributed by atoms with van der Waals surface area (Å²) in [6.07, 6.45) is 8.02. The van der Waals surface area contributed by atoms with E-state index < -0.39 is 0 Å². The molecule has 23 heavy (non-hydrogen) atoms. The fourth-order valence-corrected chi connectivity index (χ4v) is 3.28. The number of nitrogens with one attached hydrogen (secondary N) is 2. The van der Waals surface area contributed by atoms with Gasteiger partial charge in [-0.05, 0) is 61.8 Å². The number of benzene rings is 1. The van der Waals surface area contributed by atoms with Crippen LogP contribution in [-0.2, 0) is 0 Å². The van der Waals surface area contributed by atoms with Crippen molar-refractivity contribution >= 4 is 17.3 Å². The molecule has 0 heterocycles. The zero-order valence-corrected chi connectivity index (χ0v) is 14.9. The molecular weight excluding hydrogens is 284 g/mol. The van der Waals surface area contributed by atoms with Crippen LogP contribution in [0.1, 0.15) is 64.0 Å². The van der Waals surface area contributed by atoms with Crippen molar-refractivity contribution in [2.24, 2.45) is 5.92 Å². The molecule has 3 nitrogen and oxygen atoms in total. The van der Waals surface area contributed by atoms with Crippen LogP contribution in [0.3, 0.4) is 0 Å². The van der Waals surface area contributed by atoms with Gasteiger partial charge in [0.25, 0.3) is 0 Å². The molecule has 0 bridgehead atoms. The standard InChI is InChI=1S/C20H30N2O/c1-5-8-14(2)17-12-11-16(4)19(13-17)22-20(23)21-18-10-7-6-9-15(18)3/h8,11-13,15,18H,5-7,9-10H2,1-4H3,(H2,21,22,23)/t15-,18?/m0/s1. The Morgan fingerprint density at radius 3 is 2.74 bits per heavy atom. The SMILES string of the molecule is CCC=C(C)c1ccc(C)c(NC(=O)NC2CCCC[C@@H]2C)c1. The maximum Gasteiger partial charge on any atom is 0.319 e. The van der Waals surface area contributed by atoms with E-state index in [1.807, 2.05) is 6.92 Å². The normalized spacial score (nSPS) is 21.8. The summed E-state index contributed by atoms with van der Waals surface area (Å²) in [5.41, 5.74) is 4.40. The van der Waals surface area contributed by atoms with E-state index in [9.17, 15) is 4.79 Å². The van der Waals surface area contributed by atoms with Gasteiger partial charge in [-0.15, -0.1) is 0 Å². The summed E-state index contributed by atoms with van der Waals surface area (Å²) >= 11 is 0. The second-order valence-corrected chi connectivity index (χ2v) is 6.79. The molecule has 1 aliphatic carbocycles. The molecule has 0 saturated heterocycles. The summed E-state index contributed by atoms with van der Waals surface area (Å²) in [5.74, 6) is 0.566. The molecule has 0 aliphatic heterocycles. The Morgan fingerprint density at radius 1 is 1.30 bits per heavy atom. The third-order valence-electron chi connectivity index (χ3n) is 4.88. The average molecular weight is 314 g/mol. The number of carbonyl (C=O) groups is 1. The molecule has 2 amide bonds.